The van der Waals surface area contributed by atoms with Crippen molar-refractivity contribution >= 4 is 34.3 Å². The number of para-hydroxylation sites is 1. The van der Waals surface area contributed by atoms with Gasteiger partial charge in [-0.05, 0) is 30.3 Å². The van der Waals surface area contributed by atoms with Crippen LogP contribution in [-0.2, 0) is 0 Å². The lowest BCUT2D eigenvalue weighted by Crippen LogP contribution is -3.00. The molecule has 4 nitrogen and oxygen atoms in total. The number of quaternary nitrogens is 1. The lowest BCUT2D eigenvalue weighted by atomic mass is 10.2. The van der Waals surface area contributed by atoms with E-state index in [1.165, 1.54) is 0 Å². The van der Waals surface area contributed by atoms with Crippen molar-refractivity contribution in [3.8, 4) is 5.69 Å². The van der Waals surface area contributed by atoms with E-state index in [-0.39, 0.29) is 29.5 Å². The maximum atomic E-state index is 13.1. The second-order valence-corrected chi connectivity index (χ2v) is 8.39. The van der Waals surface area contributed by atoms with Crippen LogP contribution < -0.4 is 29.5 Å². The maximum absolute atomic E-state index is 13.1. The number of halogens is 2. The highest BCUT2D eigenvalue weighted by atomic mass is 127. The standard InChI is InChI=1S/C19H21ClN3OS.HI/c1-23(2,3)11-12-25-19-21-17-13-14(20)9-10-16(17)18(24)22(19)15-7-5-4-6-8-15;/h4-10,13H,11-12H2,1-3H3;1H/q+1;/p-1. The molecule has 0 atom stereocenters. The van der Waals surface area contributed by atoms with Crippen molar-refractivity contribution in [1.29, 1.82) is 0 Å². The van der Waals surface area contributed by atoms with Crippen LogP contribution in [0.1, 0.15) is 0 Å². The molecular weight excluding hydrogens is 481 g/mol. The first-order valence-corrected chi connectivity index (χ1v) is 9.42. The molecule has 0 radical (unpaired) electrons. The fourth-order valence-electron chi connectivity index (χ4n) is 2.45. The second-order valence-electron chi connectivity index (χ2n) is 6.89. The van der Waals surface area contributed by atoms with Gasteiger partial charge in [0.25, 0.3) is 5.56 Å². The highest BCUT2D eigenvalue weighted by Gasteiger charge is 2.15. The van der Waals surface area contributed by atoms with Crippen molar-refractivity contribution in [3.63, 3.8) is 0 Å². The monoisotopic (exact) mass is 501 g/mol. The fourth-order valence-corrected chi connectivity index (χ4v) is 3.92. The molecule has 0 aliphatic rings. The first-order chi connectivity index (χ1) is 11.8. The largest absolute Gasteiger partial charge is 1.00 e. The minimum absolute atomic E-state index is 0. The van der Waals surface area contributed by atoms with Crippen molar-refractivity contribution < 1.29 is 28.5 Å². The fraction of sp³-hybridized carbons (Fsp3) is 0.263. The van der Waals surface area contributed by atoms with Gasteiger partial charge in [0.05, 0.1) is 50.0 Å². The van der Waals surface area contributed by atoms with Gasteiger partial charge in [0.15, 0.2) is 5.16 Å². The molecular formula is C19H21ClIN3OS. The number of aromatic nitrogens is 2. The highest BCUT2D eigenvalue weighted by molar-refractivity contribution is 7.99. The van der Waals surface area contributed by atoms with Gasteiger partial charge >= 0.3 is 0 Å². The van der Waals surface area contributed by atoms with Gasteiger partial charge in [-0.2, -0.15) is 0 Å². The molecule has 0 spiro atoms. The van der Waals surface area contributed by atoms with Gasteiger partial charge < -0.3 is 28.5 Å². The van der Waals surface area contributed by atoms with E-state index in [1.807, 2.05) is 30.3 Å². The lowest BCUT2D eigenvalue weighted by Gasteiger charge is -2.23. The SMILES string of the molecule is C[N+](C)(C)CCSc1nc2cc(Cl)ccc2c(=O)n1-c1ccccc1.[I-]. The molecule has 26 heavy (non-hydrogen) atoms. The Kier molecular flexibility index (Phi) is 7.12. The zero-order chi connectivity index (χ0) is 18.0. The number of rotatable bonds is 5. The lowest BCUT2D eigenvalue weighted by molar-refractivity contribution is -0.867. The van der Waals surface area contributed by atoms with E-state index in [0.29, 0.717) is 21.1 Å². The zero-order valence-electron chi connectivity index (χ0n) is 14.9. The number of nitrogens with zero attached hydrogens (tertiary/aromatic N) is 3. The van der Waals surface area contributed by atoms with Gasteiger partial charge in [-0.1, -0.05) is 41.6 Å². The second kappa shape index (κ2) is 8.73. The van der Waals surface area contributed by atoms with Crippen molar-refractivity contribution in [1.82, 2.24) is 9.55 Å². The van der Waals surface area contributed by atoms with Crippen LogP contribution in [0.3, 0.4) is 0 Å². The Morgan fingerprint density at radius 1 is 1.12 bits per heavy atom. The summed E-state index contributed by atoms with van der Waals surface area (Å²) in [6.07, 6.45) is 0. The van der Waals surface area contributed by atoms with Crippen LogP contribution in [0.4, 0.5) is 0 Å². The van der Waals surface area contributed by atoms with Crippen molar-refractivity contribution in [3.05, 3.63) is 63.9 Å². The van der Waals surface area contributed by atoms with Gasteiger partial charge in [-0.3, -0.25) is 9.36 Å². The molecule has 138 valence electrons. The van der Waals surface area contributed by atoms with Crippen LogP contribution >= 0.6 is 23.4 Å². The van der Waals surface area contributed by atoms with Gasteiger partial charge in [0.2, 0.25) is 0 Å². The summed E-state index contributed by atoms with van der Waals surface area (Å²) in [5.41, 5.74) is 1.39. The van der Waals surface area contributed by atoms with Crippen LogP contribution in [0.15, 0.2) is 58.5 Å². The van der Waals surface area contributed by atoms with Gasteiger partial charge in [-0.25, -0.2) is 4.98 Å². The van der Waals surface area contributed by atoms with Crippen LogP contribution in [0.25, 0.3) is 16.6 Å². The number of thioether (sulfide) groups is 1. The molecule has 2 aromatic carbocycles. The molecule has 1 aromatic heterocycles. The quantitative estimate of drug-likeness (QED) is 0.225. The van der Waals surface area contributed by atoms with Crippen molar-refractivity contribution in [2.45, 2.75) is 5.16 Å². The summed E-state index contributed by atoms with van der Waals surface area (Å²) in [7, 11) is 6.45. The minimum atomic E-state index is -0.0689. The molecule has 0 fully saturated rings. The average molecular weight is 502 g/mol. The third-order valence-electron chi connectivity index (χ3n) is 3.81. The molecule has 0 saturated carbocycles. The Labute approximate surface area is 179 Å². The minimum Gasteiger partial charge on any atom is -1.00 e. The summed E-state index contributed by atoms with van der Waals surface area (Å²) < 4.78 is 2.55. The third kappa shape index (κ3) is 5.00. The molecule has 3 rings (SSSR count). The maximum Gasteiger partial charge on any atom is 0.266 e. The topological polar surface area (TPSA) is 34.9 Å². The predicted octanol–water partition coefficient (Wildman–Crippen LogP) is 0.841. The van der Waals surface area contributed by atoms with Crippen molar-refractivity contribution in [2.75, 3.05) is 33.4 Å². The van der Waals surface area contributed by atoms with Gasteiger partial charge in [0.1, 0.15) is 0 Å². The van der Waals surface area contributed by atoms with E-state index < -0.39 is 0 Å². The Bertz CT molecular complexity index is 955. The van der Waals surface area contributed by atoms with Crippen LogP contribution in [-0.4, -0.2) is 47.5 Å². The van der Waals surface area contributed by atoms with Crippen LogP contribution in [0.5, 0.6) is 0 Å². The van der Waals surface area contributed by atoms with E-state index in [1.54, 1.807) is 34.5 Å². The zero-order valence-corrected chi connectivity index (χ0v) is 18.7. The van der Waals surface area contributed by atoms with E-state index in [0.717, 1.165) is 22.5 Å². The number of hydrogen-bond acceptors (Lipinski definition) is 3. The van der Waals surface area contributed by atoms with Crippen LogP contribution in [0.2, 0.25) is 5.02 Å². The molecule has 0 aliphatic carbocycles. The Morgan fingerprint density at radius 2 is 1.81 bits per heavy atom. The van der Waals surface area contributed by atoms with E-state index >= 15 is 0 Å². The number of hydrogen-bond donors (Lipinski definition) is 0. The third-order valence-corrected chi connectivity index (χ3v) is 4.96. The normalized spacial score (nSPS) is 11.4. The summed E-state index contributed by atoms with van der Waals surface area (Å²) in [6.45, 7) is 0.975. The summed E-state index contributed by atoms with van der Waals surface area (Å²) in [5, 5.41) is 1.85. The Hall–Kier alpha value is -1.09. The van der Waals surface area contributed by atoms with Gasteiger partial charge in [-0.15, -0.1) is 0 Å². The predicted molar refractivity (Wildman–Crippen MR) is 106 cm³/mol. The molecule has 1 heterocycles. The Morgan fingerprint density at radius 3 is 2.46 bits per heavy atom. The molecule has 7 heteroatoms. The smallest absolute Gasteiger partial charge is 0.266 e. The van der Waals surface area contributed by atoms with Gasteiger partial charge in [0, 0.05) is 5.02 Å². The van der Waals surface area contributed by atoms with E-state index in [2.05, 4.69) is 21.1 Å². The van der Waals surface area contributed by atoms with Crippen LogP contribution in [0, 0.1) is 0 Å². The summed E-state index contributed by atoms with van der Waals surface area (Å²) in [5.74, 6) is 0.870. The molecule has 0 aliphatic heterocycles. The molecule has 0 saturated heterocycles. The molecule has 0 amide bonds. The highest BCUT2D eigenvalue weighted by Crippen LogP contribution is 2.23. The number of benzene rings is 2. The Balaban J connectivity index is 0.00000243. The molecule has 0 unspecified atom stereocenters. The van der Waals surface area contributed by atoms with E-state index in [4.69, 9.17) is 16.6 Å². The average Bonchev–Trinajstić information content (AvgIpc) is 2.54. The number of fused-ring (bicyclic) bond motifs is 1. The first kappa shape index (κ1) is 21.2. The van der Waals surface area contributed by atoms with E-state index in [9.17, 15) is 4.79 Å². The first-order valence-electron chi connectivity index (χ1n) is 8.06. The molecule has 3 aromatic rings. The molecule has 0 N–H and O–H groups in total. The summed E-state index contributed by atoms with van der Waals surface area (Å²) in [4.78, 5) is 17.8. The molecule has 0 bridgehead atoms. The van der Waals surface area contributed by atoms with Crippen molar-refractivity contribution in [2.24, 2.45) is 0 Å². The summed E-state index contributed by atoms with van der Waals surface area (Å²) >= 11 is 7.68. The summed E-state index contributed by atoms with van der Waals surface area (Å²) in [6, 6.07) is 14.9.